The predicted octanol–water partition coefficient (Wildman–Crippen LogP) is 3.35. The number of nitrogens with zero attached hydrogens (tertiary/aromatic N) is 3. The second kappa shape index (κ2) is 5.61. The summed E-state index contributed by atoms with van der Waals surface area (Å²) in [6, 6.07) is 15.0. The molecular formula is C16H12BrN3O. The Morgan fingerprint density at radius 2 is 1.86 bits per heavy atom. The molecule has 0 atom stereocenters. The first kappa shape index (κ1) is 13.7. The van der Waals surface area contributed by atoms with Crippen LogP contribution in [0.25, 0.3) is 10.9 Å². The molecule has 1 aromatic heterocycles. The normalized spacial score (nSPS) is 11.3. The van der Waals surface area contributed by atoms with Crippen LogP contribution in [0.4, 0.5) is 0 Å². The first-order valence-corrected chi connectivity index (χ1v) is 7.23. The average Bonchev–Trinajstić information content (AvgIpc) is 2.49. The molecule has 1 heterocycles. The average molecular weight is 342 g/mol. The number of fused-ring (bicyclic) bond motifs is 1. The Morgan fingerprint density at radius 1 is 1.14 bits per heavy atom. The van der Waals surface area contributed by atoms with Gasteiger partial charge in [-0.2, -0.15) is 9.78 Å². The minimum Gasteiger partial charge on any atom is -0.267 e. The molecular weight excluding hydrogens is 330 g/mol. The van der Waals surface area contributed by atoms with Crippen molar-refractivity contribution < 1.29 is 0 Å². The van der Waals surface area contributed by atoms with Gasteiger partial charge >= 0.3 is 0 Å². The van der Waals surface area contributed by atoms with Crippen LogP contribution in [0.15, 0.2) is 62.9 Å². The molecule has 5 heteroatoms. The zero-order valence-corrected chi connectivity index (χ0v) is 12.9. The van der Waals surface area contributed by atoms with Gasteiger partial charge in [0.15, 0.2) is 0 Å². The molecule has 2 aromatic carbocycles. The maximum absolute atomic E-state index is 12.4. The summed E-state index contributed by atoms with van der Waals surface area (Å²) >= 11 is 3.38. The molecule has 21 heavy (non-hydrogen) atoms. The predicted molar refractivity (Wildman–Crippen MR) is 87.9 cm³/mol. The van der Waals surface area contributed by atoms with Gasteiger partial charge in [-0.3, -0.25) is 4.79 Å². The molecule has 0 N–H and O–H groups in total. The van der Waals surface area contributed by atoms with Crippen molar-refractivity contribution in [3.05, 3.63) is 74.7 Å². The highest BCUT2D eigenvalue weighted by atomic mass is 79.9. The van der Waals surface area contributed by atoms with E-state index >= 15 is 0 Å². The molecule has 0 unspecified atom stereocenters. The number of aromatic nitrogens is 2. The Labute approximate surface area is 129 Å². The van der Waals surface area contributed by atoms with Crippen molar-refractivity contribution in [2.45, 2.75) is 6.92 Å². The number of halogens is 1. The summed E-state index contributed by atoms with van der Waals surface area (Å²) in [6.07, 6.45) is 1.65. The Bertz CT molecular complexity index is 882. The lowest BCUT2D eigenvalue weighted by atomic mass is 10.2. The van der Waals surface area contributed by atoms with Gasteiger partial charge in [0.1, 0.15) is 5.82 Å². The van der Waals surface area contributed by atoms with Crippen molar-refractivity contribution in [1.82, 2.24) is 9.66 Å². The van der Waals surface area contributed by atoms with E-state index in [-0.39, 0.29) is 5.56 Å². The van der Waals surface area contributed by atoms with E-state index in [1.807, 2.05) is 42.5 Å². The molecule has 0 bridgehead atoms. The van der Waals surface area contributed by atoms with E-state index in [9.17, 15) is 4.79 Å². The highest BCUT2D eigenvalue weighted by Crippen LogP contribution is 2.10. The topological polar surface area (TPSA) is 47.2 Å². The summed E-state index contributed by atoms with van der Waals surface area (Å²) in [5.41, 5.74) is 1.44. The van der Waals surface area contributed by atoms with Gasteiger partial charge in [-0.05, 0) is 36.8 Å². The molecule has 104 valence electrons. The zero-order valence-electron chi connectivity index (χ0n) is 11.3. The molecule has 0 saturated heterocycles. The molecule has 0 saturated carbocycles. The second-order valence-electron chi connectivity index (χ2n) is 4.59. The lowest BCUT2D eigenvalue weighted by Crippen LogP contribution is -2.20. The van der Waals surface area contributed by atoms with Crippen LogP contribution in [0.1, 0.15) is 11.4 Å². The van der Waals surface area contributed by atoms with E-state index < -0.39 is 0 Å². The van der Waals surface area contributed by atoms with Gasteiger partial charge < -0.3 is 0 Å². The summed E-state index contributed by atoms with van der Waals surface area (Å²) in [7, 11) is 0. The van der Waals surface area contributed by atoms with Crippen molar-refractivity contribution >= 4 is 33.0 Å². The molecule has 0 radical (unpaired) electrons. The van der Waals surface area contributed by atoms with Gasteiger partial charge in [-0.1, -0.05) is 40.2 Å². The first-order chi connectivity index (χ1) is 10.1. The third kappa shape index (κ3) is 2.78. The Balaban J connectivity index is 2.08. The van der Waals surface area contributed by atoms with E-state index in [1.54, 1.807) is 19.2 Å². The summed E-state index contributed by atoms with van der Waals surface area (Å²) in [5.74, 6) is 0.562. The van der Waals surface area contributed by atoms with Gasteiger partial charge in [0.2, 0.25) is 0 Å². The highest BCUT2D eigenvalue weighted by Gasteiger charge is 2.05. The van der Waals surface area contributed by atoms with Crippen molar-refractivity contribution in [3.63, 3.8) is 0 Å². The van der Waals surface area contributed by atoms with Crippen LogP contribution in [-0.4, -0.2) is 15.9 Å². The van der Waals surface area contributed by atoms with Gasteiger partial charge in [0, 0.05) is 4.47 Å². The Morgan fingerprint density at radius 3 is 2.62 bits per heavy atom. The van der Waals surface area contributed by atoms with Gasteiger partial charge in [-0.15, -0.1) is 0 Å². The van der Waals surface area contributed by atoms with E-state index in [0.29, 0.717) is 16.7 Å². The molecule has 0 aliphatic rings. The van der Waals surface area contributed by atoms with Crippen LogP contribution in [0.5, 0.6) is 0 Å². The molecule has 0 spiro atoms. The summed E-state index contributed by atoms with van der Waals surface area (Å²) in [6.45, 7) is 1.77. The van der Waals surface area contributed by atoms with Crippen molar-refractivity contribution in [3.8, 4) is 0 Å². The van der Waals surface area contributed by atoms with Crippen molar-refractivity contribution in [2.24, 2.45) is 5.10 Å². The molecule has 0 aliphatic carbocycles. The van der Waals surface area contributed by atoms with Crippen molar-refractivity contribution in [1.29, 1.82) is 0 Å². The number of para-hydroxylation sites is 1. The smallest absolute Gasteiger partial charge is 0.267 e. The Hall–Kier alpha value is -2.27. The standard InChI is InChI=1S/C16H12BrN3O/c1-11-19-15-5-3-2-4-14(15)16(21)20(11)18-10-12-6-8-13(17)9-7-12/h2-10H,1H3/b18-10-. The van der Waals surface area contributed by atoms with Crippen LogP contribution in [-0.2, 0) is 0 Å². The van der Waals surface area contributed by atoms with E-state index in [4.69, 9.17) is 0 Å². The fourth-order valence-corrected chi connectivity index (χ4v) is 2.31. The molecule has 0 amide bonds. The molecule has 4 nitrogen and oxygen atoms in total. The van der Waals surface area contributed by atoms with E-state index in [1.165, 1.54) is 4.68 Å². The number of rotatable bonds is 2. The Kier molecular flexibility index (Phi) is 3.66. The fraction of sp³-hybridized carbons (Fsp3) is 0.0625. The van der Waals surface area contributed by atoms with Crippen LogP contribution in [0.3, 0.4) is 0 Å². The lowest BCUT2D eigenvalue weighted by Gasteiger charge is -2.05. The largest absolute Gasteiger partial charge is 0.282 e. The number of aryl methyl sites for hydroxylation is 1. The minimum absolute atomic E-state index is 0.161. The molecule has 3 rings (SSSR count). The second-order valence-corrected chi connectivity index (χ2v) is 5.50. The van der Waals surface area contributed by atoms with Crippen LogP contribution < -0.4 is 5.56 Å². The third-order valence-electron chi connectivity index (χ3n) is 3.11. The SMILES string of the molecule is Cc1nc2ccccc2c(=O)n1/N=C\c1ccc(Br)cc1. The van der Waals surface area contributed by atoms with Crippen LogP contribution in [0, 0.1) is 6.92 Å². The molecule has 0 aliphatic heterocycles. The third-order valence-corrected chi connectivity index (χ3v) is 3.64. The number of hydrogen-bond donors (Lipinski definition) is 0. The fourth-order valence-electron chi connectivity index (χ4n) is 2.04. The van der Waals surface area contributed by atoms with Crippen LogP contribution in [0.2, 0.25) is 0 Å². The summed E-state index contributed by atoms with van der Waals surface area (Å²) in [4.78, 5) is 16.8. The lowest BCUT2D eigenvalue weighted by molar-refractivity contribution is 0.771. The summed E-state index contributed by atoms with van der Waals surface area (Å²) < 4.78 is 2.32. The van der Waals surface area contributed by atoms with Crippen molar-refractivity contribution in [2.75, 3.05) is 0 Å². The number of hydrogen-bond acceptors (Lipinski definition) is 3. The highest BCUT2D eigenvalue weighted by molar-refractivity contribution is 9.10. The quantitative estimate of drug-likeness (QED) is 0.671. The molecule has 3 aromatic rings. The first-order valence-electron chi connectivity index (χ1n) is 6.43. The van der Waals surface area contributed by atoms with Gasteiger partial charge in [0.05, 0.1) is 17.1 Å². The van der Waals surface area contributed by atoms with E-state index in [0.717, 1.165) is 10.0 Å². The monoisotopic (exact) mass is 341 g/mol. The maximum Gasteiger partial charge on any atom is 0.282 e. The van der Waals surface area contributed by atoms with E-state index in [2.05, 4.69) is 26.0 Å². The minimum atomic E-state index is -0.161. The summed E-state index contributed by atoms with van der Waals surface area (Å²) in [5, 5.41) is 4.82. The number of benzene rings is 2. The van der Waals surface area contributed by atoms with Gasteiger partial charge in [0.25, 0.3) is 5.56 Å². The zero-order chi connectivity index (χ0) is 14.8. The maximum atomic E-state index is 12.4. The molecule has 0 fully saturated rings. The van der Waals surface area contributed by atoms with Crippen LogP contribution >= 0.6 is 15.9 Å². The van der Waals surface area contributed by atoms with Gasteiger partial charge in [-0.25, -0.2) is 4.98 Å².